The van der Waals surface area contributed by atoms with E-state index in [4.69, 9.17) is 0 Å². The first kappa shape index (κ1) is 16.6. The molecule has 0 aliphatic rings. The number of aliphatic hydroxyl groups is 1. The second-order valence-corrected chi connectivity index (χ2v) is 6.96. The third kappa shape index (κ3) is 3.63. The van der Waals surface area contributed by atoms with Crippen molar-refractivity contribution in [1.29, 1.82) is 0 Å². The van der Waals surface area contributed by atoms with Gasteiger partial charge in [-0.2, -0.15) is 0 Å². The van der Waals surface area contributed by atoms with Crippen molar-refractivity contribution in [2.24, 2.45) is 0 Å². The molecule has 1 aromatic carbocycles. The number of carbonyl (C=O) groups excluding carboxylic acids is 1. The van der Waals surface area contributed by atoms with Gasteiger partial charge in [-0.3, -0.25) is 10.1 Å². The van der Waals surface area contributed by atoms with Crippen LogP contribution in [0.15, 0.2) is 47.2 Å². The Morgan fingerprint density at radius 1 is 1.33 bits per heavy atom. The van der Waals surface area contributed by atoms with Gasteiger partial charge >= 0.3 is 0 Å². The molecule has 0 atom stereocenters. The van der Waals surface area contributed by atoms with E-state index in [1.54, 1.807) is 32.2 Å². The van der Waals surface area contributed by atoms with Crippen molar-refractivity contribution in [2.45, 2.75) is 26.0 Å². The summed E-state index contributed by atoms with van der Waals surface area (Å²) >= 11 is 3.25. The molecule has 1 amide bonds. The Hall–Kier alpha value is -2.25. The minimum atomic E-state index is -0.942. The third-order valence-electron chi connectivity index (χ3n) is 3.41. The Labute approximate surface area is 147 Å². The number of rotatable bonds is 4. The smallest absolute Gasteiger partial charge is 0.258 e. The lowest BCUT2D eigenvalue weighted by molar-refractivity contribution is 0.0630. The summed E-state index contributed by atoms with van der Waals surface area (Å²) in [4.78, 5) is 21.0. The van der Waals surface area contributed by atoms with Gasteiger partial charge < -0.3 is 9.67 Å². The van der Waals surface area contributed by atoms with Crippen molar-refractivity contribution in [3.8, 4) is 0 Å². The van der Waals surface area contributed by atoms with Gasteiger partial charge in [0.2, 0.25) is 5.95 Å². The topological polar surface area (TPSA) is 80.0 Å². The average Bonchev–Trinajstić information content (AvgIpc) is 2.83. The van der Waals surface area contributed by atoms with Crippen LogP contribution in [0.3, 0.4) is 0 Å². The molecule has 0 aliphatic heterocycles. The normalized spacial score (nSPS) is 11.7. The van der Waals surface area contributed by atoms with Crippen LogP contribution in [0.2, 0.25) is 0 Å². The van der Waals surface area contributed by atoms with Crippen LogP contribution in [0.5, 0.6) is 0 Å². The number of para-hydroxylation sites is 2. The highest BCUT2D eigenvalue weighted by atomic mass is 79.9. The van der Waals surface area contributed by atoms with Crippen LogP contribution in [0.25, 0.3) is 11.0 Å². The summed E-state index contributed by atoms with van der Waals surface area (Å²) in [5.41, 5.74) is 1.14. The van der Waals surface area contributed by atoms with Crippen molar-refractivity contribution in [3.05, 3.63) is 52.8 Å². The standard InChI is InChI=1S/C17H17BrN4O2/c1-17(2,24)10-22-13-6-4-3-5-12(13)20-16(22)21-15(23)11-7-8-19-14(18)9-11/h3-9,24H,10H2,1-2H3,(H,20,21,23). The third-order valence-corrected chi connectivity index (χ3v) is 3.85. The van der Waals surface area contributed by atoms with Gasteiger partial charge in [0.1, 0.15) is 4.60 Å². The fourth-order valence-corrected chi connectivity index (χ4v) is 2.80. The van der Waals surface area contributed by atoms with E-state index in [-0.39, 0.29) is 5.91 Å². The molecule has 2 heterocycles. The Bertz CT molecular complexity index is 899. The number of anilines is 1. The van der Waals surface area contributed by atoms with Crippen LogP contribution >= 0.6 is 15.9 Å². The summed E-state index contributed by atoms with van der Waals surface area (Å²) in [6, 6.07) is 10.8. The minimum absolute atomic E-state index is 0.287. The predicted molar refractivity (Wildman–Crippen MR) is 95.9 cm³/mol. The summed E-state index contributed by atoms with van der Waals surface area (Å²) in [6.07, 6.45) is 1.55. The molecule has 0 unspecified atom stereocenters. The average molecular weight is 389 g/mol. The van der Waals surface area contributed by atoms with E-state index in [0.29, 0.717) is 22.7 Å². The SMILES string of the molecule is CC(C)(O)Cn1c(NC(=O)c2ccnc(Br)c2)nc2ccccc21. The second kappa shape index (κ2) is 6.33. The van der Waals surface area contributed by atoms with Crippen molar-refractivity contribution < 1.29 is 9.90 Å². The van der Waals surface area contributed by atoms with Gasteiger partial charge in [-0.15, -0.1) is 0 Å². The van der Waals surface area contributed by atoms with Crippen molar-refractivity contribution >= 4 is 38.8 Å². The number of amides is 1. The van der Waals surface area contributed by atoms with Gasteiger partial charge in [0, 0.05) is 11.8 Å². The number of aromatic nitrogens is 3. The van der Waals surface area contributed by atoms with Crippen LogP contribution in [0.4, 0.5) is 5.95 Å². The fraction of sp³-hybridized carbons (Fsp3) is 0.235. The molecule has 7 heteroatoms. The molecule has 0 aliphatic carbocycles. The first-order valence-corrected chi connectivity index (χ1v) is 8.23. The molecule has 24 heavy (non-hydrogen) atoms. The van der Waals surface area contributed by atoms with Gasteiger partial charge in [-0.1, -0.05) is 12.1 Å². The quantitative estimate of drug-likeness (QED) is 0.672. The molecule has 0 bridgehead atoms. The number of fused-ring (bicyclic) bond motifs is 1. The molecule has 124 valence electrons. The van der Waals surface area contributed by atoms with Crippen LogP contribution in [0.1, 0.15) is 24.2 Å². The highest BCUT2D eigenvalue weighted by Crippen LogP contribution is 2.23. The second-order valence-electron chi connectivity index (χ2n) is 6.14. The number of carbonyl (C=O) groups is 1. The molecule has 0 saturated heterocycles. The number of halogens is 1. The Kier molecular flexibility index (Phi) is 4.38. The molecule has 3 aromatic rings. The number of nitrogens with zero attached hydrogens (tertiary/aromatic N) is 3. The Morgan fingerprint density at radius 3 is 2.79 bits per heavy atom. The zero-order valence-electron chi connectivity index (χ0n) is 13.3. The van der Waals surface area contributed by atoms with E-state index in [2.05, 4.69) is 31.2 Å². The Balaban J connectivity index is 1.99. The number of nitrogens with one attached hydrogen (secondary N) is 1. The van der Waals surface area contributed by atoms with Gasteiger partial charge in [-0.05, 0) is 54.0 Å². The molecular formula is C17H17BrN4O2. The van der Waals surface area contributed by atoms with Gasteiger partial charge in [-0.25, -0.2) is 9.97 Å². The summed E-state index contributed by atoms with van der Waals surface area (Å²) in [6.45, 7) is 3.74. The molecule has 0 saturated carbocycles. The molecule has 3 rings (SSSR count). The van der Waals surface area contributed by atoms with Crippen molar-refractivity contribution in [2.75, 3.05) is 5.32 Å². The molecule has 6 nitrogen and oxygen atoms in total. The summed E-state index contributed by atoms with van der Waals surface area (Å²) in [5, 5.41) is 13.0. The molecular weight excluding hydrogens is 372 g/mol. The predicted octanol–water partition coefficient (Wildman–Crippen LogP) is 3.22. The van der Waals surface area contributed by atoms with Crippen LogP contribution in [0, 0.1) is 0 Å². The van der Waals surface area contributed by atoms with Crippen LogP contribution in [-0.2, 0) is 6.54 Å². The molecule has 2 aromatic heterocycles. The number of imidazole rings is 1. The zero-order valence-corrected chi connectivity index (χ0v) is 14.9. The minimum Gasteiger partial charge on any atom is -0.389 e. The van der Waals surface area contributed by atoms with Crippen molar-refractivity contribution in [3.63, 3.8) is 0 Å². The molecule has 2 N–H and O–H groups in total. The van der Waals surface area contributed by atoms with Gasteiger partial charge in [0.15, 0.2) is 0 Å². The van der Waals surface area contributed by atoms with E-state index in [0.717, 1.165) is 11.0 Å². The number of hydrogen-bond donors (Lipinski definition) is 2. The molecule has 0 radical (unpaired) electrons. The monoisotopic (exact) mass is 388 g/mol. The zero-order chi connectivity index (χ0) is 17.3. The van der Waals surface area contributed by atoms with Crippen LogP contribution in [-0.4, -0.2) is 31.1 Å². The number of pyridine rings is 1. The van der Waals surface area contributed by atoms with Gasteiger partial charge in [0.05, 0.1) is 23.2 Å². The van der Waals surface area contributed by atoms with Gasteiger partial charge in [0.25, 0.3) is 5.91 Å². The Morgan fingerprint density at radius 2 is 2.08 bits per heavy atom. The van der Waals surface area contributed by atoms with Crippen LogP contribution < -0.4 is 5.32 Å². The first-order valence-electron chi connectivity index (χ1n) is 7.44. The molecule has 0 spiro atoms. The number of hydrogen-bond acceptors (Lipinski definition) is 4. The van der Waals surface area contributed by atoms with Crippen molar-refractivity contribution in [1.82, 2.24) is 14.5 Å². The maximum absolute atomic E-state index is 12.5. The maximum atomic E-state index is 12.5. The maximum Gasteiger partial charge on any atom is 0.258 e. The molecule has 0 fully saturated rings. The highest BCUT2D eigenvalue weighted by Gasteiger charge is 2.20. The largest absolute Gasteiger partial charge is 0.389 e. The fourth-order valence-electron chi connectivity index (χ4n) is 2.44. The lowest BCUT2D eigenvalue weighted by Gasteiger charge is -2.20. The van der Waals surface area contributed by atoms with E-state index in [1.807, 2.05) is 28.8 Å². The highest BCUT2D eigenvalue weighted by molar-refractivity contribution is 9.10. The number of benzene rings is 1. The summed E-state index contributed by atoms with van der Waals surface area (Å²) in [5.74, 6) is 0.113. The van der Waals surface area contributed by atoms with E-state index < -0.39 is 5.60 Å². The lowest BCUT2D eigenvalue weighted by atomic mass is 10.1. The summed E-state index contributed by atoms with van der Waals surface area (Å²) in [7, 11) is 0. The van der Waals surface area contributed by atoms with E-state index in [9.17, 15) is 9.90 Å². The lowest BCUT2D eigenvalue weighted by Crippen LogP contribution is -2.27. The summed E-state index contributed by atoms with van der Waals surface area (Å²) < 4.78 is 2.39. The van der Waals surface area contributed by atoms with E-state index >= 15 is 0 Å². The first-order chi connectivity index (χ1) is 11.3. The van der Waals surface area contributed by atoms with E-state index in [1.165, 1.54) is 0 Å².